The number of nitrogens with one attached hydrogen (secondary N) is 2. The monoisotopic (exact) mass is 334 g/mol. The van der Waals surface area contributed by atoms with Crippen LogP contribution in [-0.4, -0.2) is 24.0 Å². The van der Waals surface area contributed by atoms with Crippen molar-refractivity contribution < 1.29 is 14.7 Å². The average molecular weight is 334 g/mol. The van der Waals surface area contributed by atoms with E-state index in [0.717, 1.165) is 16.3 Å². The molecule has 0 bridgehead atoms. The van der Waals surface area contributed by atoms with Crippen LogP contribution in [-0.2, 0) is 4.79 Å². The van der Waals surface area contributed by atoms with Gasteiger partial charge in [0.25, 0.3) is 5.91 Å². The van der Waals surface area contributed by atoms with E-state index in [4.69, 9.17) is 0 Å². The Bertz CT molecular complexity index is 891. The van der Waals surface area contributed by atoms with Gasteiger partial charge in [-0.1, -0.05) is 36.4 Å². The highest BCUT2D eigenvalue weighted by Crippen LogP contribution is 2.20. The van der Waals surface area contributed by atoms with Gasteiger partial charge in [-0.05, 0) is 46.7 Å². The van der Waals surface area contributed by atoms with Gasteiger partial charge in [0.2, 0.25) is 6.41 Å². The van der Waals surface area contributed by atoms with Crippen LogP contribution < -0.4 is 10.6 Å². The van der Waals surface area contributed by atoms with Crippen LogP contribution in [0, 0.1) is 0 Å². The number of hydrogen-bond donors (Lipinski definition) is 3. The highest BCUT2D eigenvalue weighted by Gasteiger charge is 2.11. The fourth-order valence-electron chi connectivity index (χ4n) is 2.61. The fourth-order valence-corrected chi connectivity index (χ4v) is 2.61. The summed E-state index contributed by atoms with van der Waals surface area (Å²) in [6, 6.07) is 20.2. The quantitative estimate of drug-likeness (QED) is 0.607. The van der Waals surface area contributed by atoms with E-state index >= 15 is 0 Å². The van der Waals surface area contributed by atoms with Gasteiger partial charge >= 0.3 is 0 Å². The smallest absolute Gasteiger partial charge is 0.251 e. The predicted molar refractivity (Wildman–Crippen MR) is 97.4 cm³/mol. The second-order valence-corrected chi connectivity index (χ2v) is 5.67. The number of hydrogen-bond acceptors (Lipinski definition) is 3. The number of amides is 2. The molecule has 0 aliphatic heterocycles. The van der Waals surface area contributed by atoms with Gasteiger partial charge in [-0.3, -0.25) is 9.59 Å². The molecule has 0 aliphatic carbocycles. The first-order valence-corrected chi connectivity index (χ1v) is 7.92. The van der Waals surface area contributed by atoms with Gasteiger partial charge < -0.3 is 15.7 Å². The minimum Gasteiger partial charge on any atom is -0.387 e. The van der Waals surface area contributed by atoms with Crippen LogP contribution in [0.5, 0.6) is 0 Å². The molecule has 25 heavy (non-hydrogen) atoms. The minimum atomic E-state index is -0.787. The number of anilines is 1. The van der Waals surface area contributed by atoms with Crippen molar-refractivity contribution in [3.63, 3.8) is 0 Å². The molecule has 0 aliphatic rings. The van der Waals surface area contributed by atoms with Gasteiger partial charge in [0.05, 0.1) is 6.10 Å². The van der Waals surface area contributed by atoms with Gasteiger partial charge in [0.1, 0.15) is 0 Å². The summed E-state index contributed by atoms with van der Waals surface area (Å²) in [4.78, 5) is 22.5. The lowest BCUT2D eigenvalue weighted by Crippen LogP contribution is -2.28. The summed E-state index contributed by atoms with van der Waals surface area (Å²) in [6.07, 6.45) is -0.209. The second-order valence-electron chi connectivity index (χ2n) is 5.67. The van der Waals surface area contributed by atoms with E-state index in [1.165, 1.54) is 0 Å². The maximum atomic E-state index is 12.1. The SMILES string of the molecule is O=CNc1ccc(C(=O)NCC(O)c2ccc3ccccc3c2)cc1. The van der Waals surface area contributed by atoms with Crippen molar-refractivity contribution in [2.24, 2.45) is 0 Å². The van der Waals surface area contributed by atoms with Crippen LogP contribution in [0.15, 0.2) is 66.7 Å². The maximum absolute atomic E-state index is 12.1. The number of rotatable bonds is 6. The summed E-state index contributed by atoms with van der Waals surface area (Å²) in [7, 11) is 0. The van der Waals surface area contributed by atoms with Crippen LogP contribution in [0.3, 0.4) is 0 Å². The third-order valence-electron chi connectivity index (χ3n) is 3.99. The summed E-state index contributed by atoms with van der Waals surface area (Å²) in [6.45, 7) is 0.117. The first-order chi connectivity index (χ1) is 12.2. The van der Waals surface area contributed by atoms with E-state index < -0.39 is 6.10 Å². The van der Waals surface area contributed by atoms with E-state index in [9.17, 15) is 14.7 Å². The summed E-state index contributed by atoms with van der Waals surface area (Å²) >= 11 is 0. The van der Waals surface area contributed by atoms with Gasteiger partial charge in [-0.2, -0.15) is 0 Å². The topological polar surface area (TPSA) is 78.4 Å². The molecule has 1 atom stereocenters. The minimum absolute atomic E-state index is 0.117. The Kier molecular flexibility index (Phi) is 5.06. The molecule has 3 rings (SSSR count). The van der Waals surface area contributed by atoms with E-state index in [0.29, 0.717) is 17.7 Å². The second kappa shape index (κ2) is 7.59. The summed E-state index contributed by atoms with van der Waals surface area (Å²) < 4.78 is 0. The molecular formula is C20H18N2O3. The molecule has 3 aromatic carbocycles. The highest BCUT2D eigenvalue weighted by molar-refractivity contribution is 5.94. The standard InChI is InChI=1S/C20H18N2O3/c23-13-22-18-9-7-15(8-10-18)20(25)21-12-19(24)17-6-5-14-3-1-2-4-16(14)11-17/h1-11,13,19,24H,12H2,(H,21,25)(H,22,23). The molecule has 0 heterocycles. The van der Waals surface area contributed by atoms with Crippen molar-refractivity contribution in [3.8, 4) is 0 Å². The van der Waals surface area contributed by atoms with Crippen LogP contribution in [0.2, 0.25) is 0 Å². The Morgan fingerprint density at radius 3 is 2.44 bits per heavy atom. The van der Waals surface area contributed by atoms with Crippen molar-refractivity contribution in [1.29, 1.82) is 0 Å². The van der Waals surface area contributed by atoms with Crippen molar-refractivity contribution in [2.75, 3.05) is 11.9 Å². The molecule has 0 spiro atoms. The number of carbonyl (C=O) groups excluding carboxylic acids is 2. The van der Waals surface area contributed by atoms with Crippen LogP contribution in [0.25, 0.3) is 10.8 Å². The van der Waals surface area contributed by atoms with E-state index in [1.807, 2.05) is 42.5 Å². The Balaban J connectivity index is 1.63. The lowest BCUT2D eigenvalue weighted by atomic mass is 10.0. The first-order valence-electron chi connectivity index (χ1n) is 7.92. The normalized spacial score (nSPS) is 11.7. The van der Waals surface area contributed by atoms with Crippen molar-refractivity contribution >= 4 is 28.8 Å². The third-order valence-corrected chi connectivity index (χ3v) is 3.99. The van der Waals surface area contributed by atoms with Crippen molar-refractivity contribution in [1.82, 2.24) is 5.32 Å². The molecule has 1 unspecified atom stereocenters. The molecule has 3 N–H and O–H groups in total. The van der Waals surface area contributed by atoms with Crippen molar-refractivity contribution in [2.45, 2.75) is 6.10 Å². The molecule has 2 amide bonds. The molecule has 0 fully saturated rings. The Morgan fingerprint density at radius 2 is 1.72 bits per heavy atom. The Morgan fingerprint density at radius 1 is 1.00 bits per heavy atom. The van der Waals surface area contributed by atoms with Gasteiger partial charge in [0, 0.05) is 17.8 Å². The zero-order valence-electron chi connectivity index (χ0n) is 13.5. The van der Waals surface area contributed by atoms with Crippen LogP contribution >= 0.6 is 0 Å². The number of aliphatic hydroxyl groups excluding tert-OH is 1. The molecule has 126 valence electrons. The lowest BCUT2D eigenvalue weighted by Gasteiger charge is -2.13. The lowest BCUT2D eigenvalue weighted by molar-refractivity contribution is -0.105. The Hall–Kier alpha value is -3.18. The van der Waals surface area contributed by atoms with Crippen LogP contribution in [0.1, 0.15) is 22.0 Å². The largest absolute Gasteiger partial charge is 0.387 e. The number of benzene rings is 3. The molecule has 0 saturated heterocycles. The number of aliphatic hydroxyl groups is 1. The van der Waals surface area contributed by atoms with E-state index in [-0.39, 0.29) is 12.5 Å². The van der Waals surface area contributed by atoms with Crippen molar-refractivity contribution in [3.05, 3.63) is 77.9 Å². The molecule has 0 saturated carbocycles. The zero-order valence-corrected chi connectivity index (χ0v) is 13.5. The molecule has 3 aromatic rings. The molecule has 5 heteroatoms. The third kappa shape index (κ3) is 4.02. The van der Waals surface area contributed by atoms with Crippen LogP contribution in [0.4, 0.5) is 5.69 Å². The fraction of sp³-hybridized carbons (Fsp3) is 0.100. The molecular weight excluding hydrogens is 316 g/mol. The molecule has 0 aromatic heterocycles. The zero-order chi connectivity index (χ0) is 17.6. The van der Waals surface area contributed by atoms with Gasteiger partial charge in [-0.25, -0.2) is 0 Å². The molecule has 5 nitrogen and oxygen atoms in total. The number of fused-ring (bicyclic) bond motifs is 1. The highest BCUT2D eigenvalue weighted by atomic mass is 16.3. The molecule has 0 radical (unpaired) electrons. The van der Waals surface area contributed by atoms with E-state index in [2.05, 4.69) is 10.6 Å². The number of carbonyl (C=O) groups is 2. The van der Waals surface area contributed by atoms with E-state index in [1.54, 1.807) is 24.3 Å². The van der Waals surface area contributed by atoms with Gasteiger partial charge in [-0.15, -0.1) is 0 Å². The average Bonchev–Trinajstić information content (AvgIpc) is 2.66. The van der Waals surface area contributed by atoms with Gasteiger partial charge in [0.15, 0.2) is 0 Å². The summed E-state index contributed by atoms with van der Waals surface area (Å²) in [5.41, 5.74) is 1.83. The predicted octanol–water partition coefficient (Wildman–Crippen LogP) is 2.87. The first kappa shape index (κ1) is 16.7. The maximum Gasteiger partial charge on any atom is 0.251 e. The Labute approximate surface area is 145 Å². The summed E-state index contributed by atoms with van der Waals surface area (Å²) in [5.74, 6) is -0.280. The summed E-state index contributed by atoms with van der Waals surface area (Å²) in [5, 5.41) is 17.7.